The van der Waals surface area contributed by atoms with Gasteiger partial charge in [0.1, 0.15) is 0 Å². The lowest BCUT2D eigenvalue weighted by Crippen LogP contribution is -2.31. The molecule has 2 aromatic rings. The van der Waals surface area contributed by atoms with E-state index in [1.807, 2.05) is 49.8 Å². The molecular formula is C20H28N4O. The Morgan fingerprint density at radius 2 is 1.92 bits per heavy atom. The number of hydrogen-bond acceptors (Lipinski definition) is 3. The molecule has 5 heteroatoms. The van der Waals surface area contributed by atoms with Crippen molar-refractivity contribution < 1.29 is 4.79 Å². The molecule has 1 aromatic carbocycles. The summed E-state index contributed by atoms with van der Waals surface area (Å²) in [7, 11) is 6.06. The highest BCUT2D eigenvalue weighted by Crippen LogP contribution is 2.36. The molecule has 0 spiro atoms. The summed E-state index contributed by atoms with van der Waals surface area (Å²) >= 11 is 0. The number of aryl methyl sites for hydroxylation is 2. The predicted molar refractivity (Wildman–Crippen MR) is 99.5 cm³/mol. The Morgan fingerprint density at radius 3 is 2.48 bits per heavy atom. The van der Waals surface area contributed by atoms with Crippen LogP contribution >= 0.6 is 0 Å². The maximum absolute atomic E-state index is 13.1. The summed E-state index contributed by atoms with van der Waals surface area (Å²) in [5, 5.41) is 4.53. The van der Waals surface area contributed by atoms with Crippen LogP contribution in [0.15, 0.2) is 24.3 Å². The molecule has 0 unspecified atom stereocenters. The van der Waals surface area contributed by atoms with E-state index in [0.717, 1.165) is 42.9 Å². The molecule has 0 N–H and O–H groups in total. The van der Waals surface area contributed by atoms with Gasteiger partial charge in [0.15, 0.2) is 0 Å². The molecule has 1 atom stereocenters. The van der Waals surface area contributed by atoms with Gasteiger partial charge in [-0.25, -0.2) is 0 Å². The van der Waals surface area contributed by atoms with E-state index in [-0.39, 0.29) is 11.9 Å². The van der Waals surface area contributed by atoms with Gasteiger partial charge < -0.3 is 9.80 Å². The number of hydrogen-bond donors (Lipinski definition) is 0. The molecule has 3 rings (SSSR count). The summed E-state index contributed by atoms with van der Waals surface area (Å²) in [6, 6.07) is 8.17. The maximum Gasteiger partial charge on any atom is 0.254 e. The topological polar surface area (TPSA) is 41.4 Å². The van der Waals surface area contributed by atoms with E-state index in [2.05, 4.69) is 29.1 Å². The number of rotatable bonds is 4. The van der Waals surface area contributed by atoms with Crippen molar-refractivity contribution in [3.63, 3.8) is 0 Å². The quantitative estimate of drug-likeness (QED) is 0.859. The molecule has 1 amide bonds. The molecule has 1 aliphatic rings. The Morgan fingerprint density at radius 1 is 1.24 bits per heavy atom. The van der Waals surface area contributed by atoms with Gasteiger partial charge in [-0.15, -0.1) is 0 Å². The minimum absolute atomic E-state index is 0.126. The summed E-state index contributed by atoms with van der Waals surface area (Å²) in [4.78, 5) is 17.2. The van der Waals surface area contributed by atoms with Crippen LogP contribution in [0.1, 0.15) is 51.8 Å². The third-order valence-electron chi connectivity index (χ3n) is 5.11. The average Bonchev–Trinajstić information content (AvgIpc) is 3.12. The molecular weight excluding hydrogens is 312 g/mol. The molecule has 1 aliphatic heterocycles. The van der Waals surface area contributed by atoms with Crippen LogP contribution < -0.4 is 0 Å². The summed E-state index contributed by atoms with van der Waals surface area (Å²) in [5.74, 6) is 0.126. The molecule has 5 nitrogen and oxygen atoms in total. The summed E-state index contributed by atoms with van der Waals surface area (Å²) in [6.45, 7) is 5.83. The number of aromatic nitrogens is 2. The SMILES string of the molecule is Cc1nn(C)c(C)c1[C@@H]1CCCN1C(=O)c1ccc(CN(C)C)cc1. The molecule has 0 aliphatic carbocycles. The molecule has 2 heterocycles. The van der Waals surface area contributed by atoms with Crippen LogP contribution in [0.2, 0.25) is 0 Å². The zero-order valence-corrected chi connectivity index (χ0v) is 15.9. The van der Waals surface area contributed by atoms with Crippen molar-refractivity contribution in [2.75, 3.05) is 20.6 Å². The molecule has 134 valence electrons. The monoisotopic (exact) mass is 340 g/mol. The Kier molecular flexibility index (Phi) is 4.95. The fourth-order valence-corrected chi connectivity index (χ4v) is 3.87. The standard InChI is InChI=1S/C20H28N4O/c1-14-19(15(2)23(5)21-14)18-7-6-12-24(18)20(25)17-10-8-16(9-11-17)13-22(3)4/h8-11,18H,6-7,12-13H2,1-5H3/t18-/m0/s1. The van der Waals surface area contributed by atoms with Crippen molar-refractivity contribution in [1.82, 2.24) is 19.6 Å². The Balaban J connectivity index is 1.83. The van der Waals surface area contributed by atoms with Gasteiger partial charge in [-0.3, -0.25) is 9.48 Å². The number of likely N-dealkylation sites (tertiary alicyclic amines) is 1. The number of carbonyl (C=O) groups excluding carboxylic acids is 1. The smallest absolute Gasteiger partial charge is 0.254 e. The molecule has 1 saturated heterocycles. The summed E-state index contributed by atoms with van der Waals surface area (Å²) in [6.07, 6.45) is 2.06. The lowest BCUT2D eigenvalue weighted by atomic mass is 10.0. The molecule has 0 saturated carbocycles. The number of benzene rings is 1. The highest BCUT2D eigenvalue weighted by Gasteiger charge is 2.33. The second-order valence-corrected chi connectivity index (χ2v) is 7.30. The fourth-order valence-electron chi connectivity index (χ4n) is 3.87. The number of carbonyl (C=O) groups is 1. The second kappa shape index (κ2) is 7.00. The van der Waals surface area contributed by atoms with Crippen molar-refractivity contribution in [1.29, 1.82) is 0 Å². The van der Waals surface area contributed by atoms with Gasteiger partial charge >= 0.3 is 0 Å². The van der Waals surface area contributed by atoms with Gasteiger partial charge in [-0.1, -0.05) is 12.1 Å². The van der Waals surface area contributed by atoms with Crippen LogP contribution in [-0.4, -0.2) is 46.1 Å². The van der Waals surface area contributed by atoms with Crippen LogP contribution in [0.3, 0.4) is 0 Å². The van der Waals surface area contributed by atoms with Crippen LogP contribution in [-0.2, 0) is 13.6 Å². The van der Waals surface area contributed by atoms with Crippen LogP contribution in [0.25, 0.3) is 0 Å². The van der Waals surface area contributed by atoms with Gasteiger partial charge in [0.05, 0.1) is 11.7 Å². The third kappa shape index (κ3) is 3.47. The van der Waals surface area contributed by atoms with Crippen molar-refractivity contribution >= 4 is 5.91 Å². The normalized spacial score (nSPS) is 17.5. The molecule has 0 bridgehead atoms. The van der Waals surface area contributed by atoms with Gasteiger partial charge in [0.2, 0.25) is 0 Å². The fraction of sp³-hybridized carbons (Fsp3) is 0.500. The van der Waals surface area contributed by atoms with Crippen molar-refractivity contribution in [3.8, 4) is 0 Å². The first-order valence-corrected chi connectivity index (χ1v) is 8.93. The first-order valence-electron chi connectivity index (χ1n) is 8.93. The first-order chi connectivity index (χ1) is 11.9. The predicted octanol–water partition coefficient (Wildman–Crippen LogP) is 3.08. The van der Waals surface area contributed by atoms with E-state index in [1.165, 1.54) is 11.1 Å². The van der Waals surface area contributed by atoms with Crippen molar-refractivity contribution in [3.05, 3.63) is 52.3 Å². The van der Waals surface area contributed by atoms with Crippen LogP contribution in [0.4, 0.5) is 0 Å². The van der Waals surface area contributed by atoms with Crippen molar-refractivity contribution in [2.45, 2.75) is 39.3 Å². The molecule has 1 aromatic heterocycles. The lowest BCUT2D eigenvalue weighted by Gasteiger charge is -2.25. The minimum Gasteiger partial charge on any atom is -0.331 e. The van der Waals surface area contributed by atoms with E-state index < -0.39 is 0 Å². The molecule has 1 fully saturated rings. The Labute approximate surface area is 150 Å². The van der Waals surface area contributed by atoms with Gasteiger partial charge in [0, 0.05) is 37.0 Å². The first kappa shape index (κ1) is 17.7. The van der Waals surface area contributed by atoms with Gasteiger partial charge in [-0.2, -0.15) is 5.10 Å². The van der Waals surface area contributed by atoms with Gasteiger partial charge in [-0.05, 0) is 58.5 Å². The minimum atomic E-state index is 0.126. The maximum atomic E-state index is 13.1. The molecule has 0 radical (unpaired) electrons. The highest BCUT2D eigenvalue weighted by molar-refractivity contribution is 5.94. The number of amides is 1. The van der Waals surface area contributed by atoms with E-state index >= 15 is 0 Å². The number of nitrogens with zero attached hydrogens (tertiary/aromatic N) is 4. The van der Waals surface area contributed by atoms with Gasteiger partial charge in [0.25, 0.3) is 5.91 Å². The highest BCUT2D eigenvalue weighted by atomic mass is 16.2. The molecule has 25 heavy (non-hydrogen) atoms. The summed E-state index contributed by atoms with van der Waals surface area (Å²) < 4.78 is 1.92. The van der Waals surface area contributed by atoms with Crippen molar-refractivity contribution in [2.24, 2.45) is 7.05 Å². The van der Waals surface area contributed by atoms with E-state index in [0.29, 0.717) is 0 Å². The van der Waals surface area contributed by atoms with E-state index in [4.69, 9.17) is 0 Å². The van der Waals surface area contributed by atoms with E-state index in [1.54, 1.807) is 0 Å². The average molecular weight is 340 g/mol. The Hall–Kier alpha value is -2.14. The zero-order chi connectivity index (χ0) is 18.1. The van der Waals surface area contributed by atoms with Crippen LogP contribution in [0.5, 0.6) is 0 Å². The van der Waals surface area contributed by atoms with Crippen LogP contribution in [0, 0.1) is 13.8 Å². The lowest BCUT2D eigenvalue weighted by molar-refractivity contribution is 0.0735. The largest absolute Gasteiger partial charge is 0.331 e. The second-order valence-electron chi connectivity index (χ2n) is 7.30. The summed E-state index contributed by atoms with van der Waals surface area (Å²) in [5.41, 5.74) is 5.40. The third-order valence-corrected chi connectivity index (χ3v) is 5.11. The zero-order valence-electron chi connectivity index (χ0n) is 15.9. The Bertz CT molecular complexity index is 761. The van der Waals surface area contributed by atoms with E-state index in [9.17, 15) is 4.79 Å².